The number of hydrogen-bond donors (Lipinski definition) is 2. The van der Waals surface area contributed by atoms with Crippen molar-refractivity contribution in [3.63, 3.8) is 0 Å². The van der Waals surface area contributed by atoms with Crippen LogP contribution < -0.4 is 10.6 Å². The summed E-state index contributed by atoms with van der Waals surface area (Å²) in [5.74, 6) is -0.785. The van der Waals surface area contributed by atoms with E-state index < -0.39 is 17.5 Å². The first kappa shape index (κ1) is 19.5. The number of benzene rings is 2. The van der Waals surface area contributed by atoms with Gasteiger partial charge in [0.25, 0.3) is 5.91 Å². The molecule has 31 heavy (non-hydrogen) atoms. The number of rotatable bonds is 4. The van der Waals surface area contributed by atoms with Crippen molar-refractivity contribution in [1.82, 2.24) is 10.2 Å². The third-order valence-corrected chi connectivity index (χ3v) is 6.58. The molecule has 2 aromatic carbocycles. The molecule has 3 aliphatic rings. The molecule has 158 valence electrons. The lowest BCUT2D eigenvalue weighted by Gasteiger charge is -2.23. The van der Waals surface area contributed by atoms with Gasteiger partial charge in [0.1, 0.15) is 5.54 Å². The summed E-state index contributed by atoms with van der Waals surface area (Å²) in [6.45, 7) is 1.37. The van der Waals surface area contributed by atoms with Gasteiger partial charge in [0.05, 0.1) is 6.54 Å². The molecule has 2 heterocycles. The molecule has 2 N–H and O–H groups in total. The van der Waals surface area contributed by atoms with E-state index in [-0.39, 0.29) is 18.2 Å². The van der Waals surface area contributed by atoms with Crippen LogP contribution in [0, 0.1) is 0 Å². The van der Waals surface area contributed by atoms with Crippen molar-refractivity contribution < 1.29 is 19.2 Å². The molecule has 5 rings (SSSR count). The zero-order chi connectivity index (χ0) is 21.8. The maximum atomic E-state index is 13.2. The van der Waals surface area contributed by atoms with Gasteiger partial charge in [0.15, 0.2) is 5.78 Å². The Morgan fingerprint density at radius 1 is 0.968 bits per heavy atom. The highest BCUT2D eigenvalue weighted by molar-refractivity contribution is 6.11. The molecule has 0 radical (unpaired) electrons. The number of imide groups is 1. The Morgan fingerprint density at radius 3 is 2.61 bits per heavy atom. The van der Waals surface area contributed by atoms with Crippen molar-refractivity contribution in [3.8, 4) is 0 Å². The van der Waals surface area contributed by atoms with Crippen LogP contribution in [0.1, 0.15) is 52.4 Å². The fourth-order valence-electron chi connectivity index (χ4n) is 4.71. The zero-order valence-electron chi connectivity index (χ0n) is 17.3. The molecule has 1 saturated heterocycles. The molecule has 1 fully saturated rings. The SMILES string of the molecule is C[C@@]1(c2ccc3c(c2)CCC3)NC(=O)N(CC(=O)c2ccc3c(c2)CCC(=O)N3)C1=O. The molecule has 4 amide bonds. The van der Waals surface area contributed by atoms with Crippen LogP contribution in [-0.2, 0) is 34.4 Å². The molecule has 0 aromatic heterocycles. The van der Waals surface area contributed by atoms with Crippen LogP contribution in [0.25, 0.3) is 0 Å². The van der Waals surface area contributed by atoms with Gasteiger partial charge >= 0.3 is 6.03 Å². The molecule has 0 spiro atoms. The molecular weight excluding hydrogens is 394 g/mol. The van der Waals surface area contributed by atoms with Gasteiger partial charge < -0.3 is 10.6 Å². The zero-order valence-corrected chi connectivity index (χ0v) is 17.3. The van der Waals surface area contributed by atoms with Gasteiger partial charge in [-0.3, -0.25) is 19.3 Å². The number of carbonyl (C=O) groups is 4. The minimum Gasteiger partial charge on any atom is -0.326 e. The number of aryl methyl sites for hydroxylation is 3. The Labute approximate surface area is 179 Å². The van der Waals surface area contributed by atoms with Crippen molar-refractivity contribution >= 4 is 29.3 Å². The first-order valence-electron chi connectivity index (χ1n) is 10.6. The van der Waals surface area contributed by atoms with Crippen LogP contribution in [0.5, 0.6) is 0 Å². The molecule has 0 bridgehead atoms. The number of hydrogen-bond acceptors (Lipinski definition) is 4. The van der Waals surface area contributed by atoms with E-state index in [1.165, 1.54) is 11.1 Å². The summed E-state index contributed by atoms with van der Waals surface area (Å²) >= 11 is 0. The number of ketones is 1. The van der Waals surface area contributed by atoms with Crippen LogP contribution in [0.4, 0.5) is 10.5 Å². The normalized spacial score (nSPS) is 22.1. The first-order valence-corrected chi connectivity index (χ1v) is 10.6. The van der Waals surface area contributed by atoms with E-state index in [9.17, 15) is 19.2 Å². The average Bonchev–Trinajstić information content (AvgIpc) is 3.31. The van der Waals surface area contributed by atoms with Crippen molar-refractivity contribution in [1.29, 1.82) is 0 Å². The summed E-state index contributed by atoms with van der Waals surface area (Å²) in [6, 6.07) is 10.4. The fraction of sp³-hybridized carbons (Fsp3) is 0.333. The van der Waals surface area contributed by atoms with Crippen molar-refractivity contribution in [2.45, 2.75) is 44.6 Å². The Bertz CT molecular complexity index is 1160. The molecule has 7 heteroatoms. The number of Topliss-reactive ketones (excluding diaryl/α,β-unsaturated/α-hetero) is 1. The maximum Gasteiger partial charge on any atom is 0.325 e. The Hall–Kier alpha value is -3.48. The lowest BCUT2D eigenvalue weighted by molar-refractivity contribution is -0.130. The molecule has 0 unspecified atom stereocenters. The highest BCUT2D eigenvalue weighted by Gasteiger charge is 2.49. The summed E-state index contributed by atoms with van der Waals surface area (Å²) in [4.78, 5) is 51.3. The number of nitrogens with one attached hydrogen (secondary N) is 2. The van der Waals surface area contributed by atoms with Gasteiger partial charge in [0.2, 0.25) is 5.91 Å². The largest absolute Gasteiger partial charge is 0.326 e. The third kappa shape index (κ3) is 3.21. The molecular formula is C24H23N3O4. The summed E-state index contributed by atoms with van der Waals surface area (Å²) in [7, 11) is 0. The second kappa shape index (κ2) is 7.04. The number of anilines is 1. The van der Waals surface area contributed by atoms with E-state index in [1.807, 2.05) is 18.2 Å². The van der Waals surface area contributed by atoms with E-state index in [1.54, 1.807) is 25.1 Å². The number of amides is 4. The lowest BCUT2D eigenvalue weighted by Crippen LogP contribution is -2.41. The molecule has 7 nitrogen and oxygen atoms in total. The van der Waals surface area contributed by atoms with Crippen LogP contribution in [-0.4, -0.2) is 35.1 Å². The Morgan fingerprint density at radius 2 is 1.77 bits per heavy atom. The van der Waals surface area contributed by atoms with E-state index >= 15 is 0 Å². The topological polar surface area (TPSA) is 95.6 Å². The summed E-state index contributed by atoms with van der Waals surface area (Å²) in [5.41, 5.74) is 4.07. The monoisotopic (exact) mass is 417 g/mol. The lowest BCUT2D eigenvalue weighted by atomic mass is 9.89. The van der Waals surface area contributed by atoms with Gasteiger partial charge in [0, 0.05) is 17.7 Å². The van der Waals surface area contributed by atoms with E-state index in [0.717, 1.165) is 35.3 Å². The molecule has 2 aromatic rings. The van der Waals surface area contributed by atoms with E-state index in [2.05, 4.69) is 10.6 Å². The fourth-order valence-corrected chi connectivity index (χ4v) is 4.71. The summed E-state index contributed by atoms with van der Waals surface area (Å²) in [6.07, 6.45) is 4.04. The van der Waals surface area contributed by atoms with Crippen LogP contribution >= 0.6 is 0 Å². The number of fused-ring (bicyclic) bond motifs is 2. The van der Waals surface area contributed by atoms with Crippen molar-refractivity contribution in [2.75, 3.05) is 11.9 Å². The van der Waals surface area contributed by atoms with Crippen LogP contribution in [0.2, 0.25) is 0 Å². The van der Waals surface area contributed by atoms with E-state index in [4.69, 9.17) is 0 Å². The Kier molecular flexibility index (Phi) is 4.43. The predicted octanol–water partition coefficient (Wildman–Crippen LogP) is 2.71. The van der Waals surface area contributed by atoms with Gasteiger partial charge in [-0.15, -0.1) is 0 Å². The number of urea groups is 1. The third-order valence-electron chi connectivity index (χ3n) is 6.58. The molecule has 2 aliphatic heterocycles. The average molecular weight is 417 g/mol. The van der Waals surface area contributed by atoms with Crippen LogP contribution in [0.3, 0.4) is 0 Å². The molecule has 1 aliphatic carbocycles. The number of nitrogens with zero attached hydrogens (tertiary/aromatic N) is 1. The number of carbonyl (C=O) groups excluding carboxylic acids is 4. The second-order valence-electron chi connectivity index (χ2n) is 8.63. The maximum absolute atomic E-state index is 13.2. The Balaban J connectivity index is 1.36. The minimum absolute atomic E-state index is 0.0447. The van der Waals surface area contributed by atoms with Gasteiger partial charge in [-0.1, -0.05) is 18.2 Å². The van der Waals surface area contributed by atoms with Gasteiger partial charge in [-0.05, 0) is 73.1 Å². The molecule has 0 saturated carbocycles. The smallest absolute Gasteiger partial charge is 0.325 e. The van der Waals surface area contributed by atoms with Crippen molar-refractivity contribution in [2.24, 2.45) is 0 Å². The van der Waals surface area contributed by atoms with E-state index in [0.29, 0.717) is 24.1 Å². The van der Waals surface area contributed by atoms with Gasteiger partial charge in [-0.25, -0.2) is 4.79 Å². The van der Waals surface area contributed by atoms with Crippen LogP contribution in [0.15, 0.2) is 36.4 Å². The minimum atomic E-state index is -1.19. The first-order chi connectivity index (χ1) is 14.8. The van der Waals surface area contributed by atoms with Crippen molar-refractivity contribution in [3.05, 3.63) is 64.2 Å². The predicted molar refractivity (Wildman–Crippen MR) is 114 cm³/mol. The summed E-state index contributed by atoms with van der Waals surface area (Å²) in [5, 5.41) is 5.57. The highest BCUT2D eigenvalue weighted by Crippen LogP contribution is 2.33. The molecule has 1 atom stereocenters. The quantitative estimate of drug-likeness (QED) is 0.591. The second-order valence-corrected chi connectivity index (χ2v) is 8.63. The highest BCUT2D eigenvalue weighted by atomic mass is 16.2. The van der Waals surface area contributed by atoms with Gasteiger partial charge in [-0.2, -0.15) is 0 Å². The standard InChI is InChI=1S/C24H23N3O4/c1-24(18-8-5-14-3-2-4-15(14)12-18)22(30)27(23(31)26-24)13-20(28)17-6-9-19-16(11-17)7-10-21(29)25-19/h5-6,8-9,11-12H,2-4,7,10,13H2,1H3,(H,25,29)(H,26,31)/t24-/m0/s1. The summed E-state index contributed by atoms with van der Waals surface area (Å²) < 4.78 is 0.